The van der Waals surface area contributed by atoms with Gasteiger partial charge in [-0.05, 0) is 18.9 Å². The van der Waals surface area contributed by atoms with Crippen molar-refractivity contribution in [2.45, 2.75) is 25.2 Å². The van der Waals surface area contributed by atoms with Crippen molar-refractivity contribution in [3.05, 3.63) is 29.7 Å². The minimum atomic E-state index is 0.465. The zero-order valence-electron chi connectivity index (χ0n) is 8.26. The first-order chi connectivity index (χ1) is 7.40. The van der Waals surface area contributed by atoms with E-state index in [-0.39, 0.29) is 0 Å². The fourth-order valence-electron chi connectivity index (χ4n) is 2.02. The van der Waals surface area contributed by atoms with Crippen molar-refractivity contribution >= 4 is 11.9 Å². The Labute approximate surface area is 86.9 Å². The van der Waals surface area contributed by atoms with E-state index in [1.165, 1.54) is 6.42 Å². The van der Waals surface area contributed by atoms with E-state index in [4.69, 9.17) is 0 Å². The molecule has 1 fully saturated rings. The molecule has 0 bridgehead atoms. The molecule has 0 atom stereocenters. The number of rotatable bonds is 2. The molecule has 0 aromatic carbocycles. The van der Waals surface area contributed by atoms with Crippen molar-refractivity contribution < 1.29 is 4.79 Å². The molecule has 0 spiro atoms. The van der Waals surface area contributed by atoms with Crippen molar-refractivity contribution in [3.63, 3.8) is 0 Å². The van der Waals surface area contributed by atoms with Gasteiger partial charge in [0.05, 0.1) is 11.3 Å². The molecule has 76 valence electrons. The van der Waals surface area contributed by atoms with Gasteiger partial charge < -0.3 is 0 Å². The van der Waals surface area contributed by atoms with Gasteiger partial charge in [0, 0.05) is 18.3 Å². The molecule has 0 unspecified atom stereocenters. The van der Waals surface area contributed by atoms with Gasteiger partial charge in [0.2, 0.25) is 0 Å². The molecule has 1 aliphatic rings. The Morgan fingerprint density at radius 1 is 1.47 bits per heavy atom. The Morgan fingerprint density at radius 2 is 2.33 bits per heavy atom. The highest BCUT2D eigenvalue weighted by atomic mass is 16.1. The second-order valence-electron chi connectivity index (χ2n) is 3.93. The first-order valence-corrected chi connectivity index (χ1v) is 5.18. The second kappa shape index (κ2) is 3.15. The van der Waals surface area contributed by atoms with Crippen LogP contribution >= 0.6 is 0 Å². The van der Waals surface area contributed by atoms with Gasteiger partial charge in [0.25, 0.3) is 0 Å². The van der Waals surface area contributed by atoms with E-state index in [0.717, 1.165) is 24.8 Å². The van der Waals surface area contributed by atoms with Gasteiger partial charge in [0.15, 0.2) is 11.9 Å². The van der Waals surface area contributed by atoms with Crippen molar-refractivity contribution in [1.29, 1.82) is 0 Å². The van der Waals surface area contributed by atoms with Crippen LogP contribution in [0.2, 0.25) is 0 Å². The molecule has 2 aromatic heterocycles. The summed E-state index contributed by atoms with van der Waals surface area (Å²) in [5.41, 5.74) is 2.27. The van der Waals surface area contributed by atoms with Gasteiger partial charge in [-0.2, -0.15) is 5.10 Å². The molecule has 15 heavy (non-hydrogen) atoms. The summed E-state index contributed by atoms with van der Waals surface area (Å²) in [5, 5.41) is 4.43. The number of hydrogen-bond acceptors (Lipinski definition) is 3. The van der Waals surface area contributed by atoms with Gasteiger partial charge in [-0.3, -0.25) is 4.79 Å². The van der Waals surface area contributed by atoms with Crippen LogP contribution in [-0.2, 0) is 0 Å². The number of aromatic nitrogens is 3. The molecule has 0 amide bonds. The van der Waals surface area contributed by atoms with Gasteiger partial charge in [0.1, 0.15) is 0 Å². The Morgan fingerprint density at radius 3 is 3.00 bits per heavy atom. The molecular weight excluding hydrogens is 190 g/mol. The predicted octanol–water partition coefficient (Wildman–Crippen LogP) is 1.81. The van der Waals surface area contributed by atoms with Crippen molar-refractivity contribution in [2.24, 2.45) is 0 Å². The lowest BCUT2D eigenvalue weighted by molar-refractivity contribution is 0.112. The molecule has 2 aromatic rings. The second-order valence-corrected chi connectivity index (χ2v) is 3.93. The fraction of sp³-hybridized carbons (Fsp3) is 0.364. The lowest BCUT2D eigenvalue weighted by Crippen LogP contribution is -2.11. The number of fused-ring (bicyclic) bond motifs is 1. The summed E-state index contributed by atoms with van der Waals surface area (Å²) in [6.45, 7) is 0. The van der Waals surface area contributed by atoms with Crippen LogP contribution in [0.15, 0.2) is 18.5 Å². The largest absolute Gasteiger partial charge is 0.298 e. The third-order valence-corrected chi connectivity index (χ3v) is 3.07. The maximum Gasteiger partial charge on any atom is 0.165 e. The molecule has 1 aliphatic carbocycles. The lowest BCUT2D eigenvalue weighted by Gasteiger charge is -2.23. The smallest absolute Gasteiger partial charge is 0.165 e. The summed E-state index contributed by atoms with van der Waals surface area (Å²) in [6, 6.07) is 1.82. The normalized spacial score (nSPS) is 16.5. The van der Waals surface area contributed by atoms with Crippen LogP contribution < -0.4 is 0 Å². The third-order valence-electron chi connectivity index (χ3n) is 3.07. The highest BCUT2D eigenvalue weighted by molar-refractivity contribution is 5.86. The molecule has 3 rings (SSSR count). The summed E-state index contributed by atoms with van der Waals surface area (Å²) >= 11 is 0. The topological polar surface area (TPSA) is 47.3 Å². The first-order valence-electron chi connectivity index (χ1n) is 5.18. The van der Waals surface area contributed by atoms with Gasteiger partial charge in [-0.25, -0.2) is 9.50 Å². The summed E-state index contributed by atoms with van der Waals surface area (Å²) in [4.78, 5) is 15.2. The molecule has 0 aliphatic heterocycles. The zero-order valence-corrected chi connectivity index (χ0v) is 8.26. The minimum absolute atomic E-state index is 0.465. The molecular formula is C11H11N3O. The Bertz CT molecular complexity index is 514. The molecule has 4 heteroatoms. The lowest BCUT2D eigenvalue weighted by atomic mass is 9.82. The molecule has 0 radical (unpaired) electrons. The highest BCUT2D eigenvalue weighted by Crippen LogP contribution is 2.37. The van der Waals surface area contributed by atoms with E-state index >= 15 is 0 Å². The maximum absolute atomic E-state index is 11.1. The monoisotopic (exact) mass is 201 g/mol. The Balaban J connectivity index is 2.23. The summed E-state index contributed by atoms with van der Waals surface area (Å²) in [7, 11) is 0. The average Bonchev–Trinajstić information content (AvgIpc) is 2.53. The summed E-state index contributed by atoms with van der Waals surface area (Å²) < 4.78 is 1.69. The Kier molecular flexibility index (Phi) is 1.80. The number of hydrogen-bond donors (Lipinski definition) is 0. The number of aldehydes is 1. The van der Waals surface area contributed by atoms with Crippen LogP contribution in [0.3, 0.4) is 0 Å². The van der Waals surface area contributed by atoms with Crippen molar-refractivity contribution in [2.75, 3.05) is 0 Å². The third kappa shape index (κ3) is 1.17. The van der Waals surface area contributed by atoms with E-state index in [9.17, 15) is 4.79 Å². The van der Waals surface area contributed by atoms with Crippen molar-refractivity contribution in [3.8, 4) is 0 Å². The quantitative estimate of drug-likeness (QED) is 0.696. The maximum atomic E-state index is 11.1. The van der Waals surface area contributed by atoms with Gasteiger partial charge in [-0.1, -0.05) is 6.42 Å². The highest BCUT2D eigenvalue weighted by Gasteiger charge is 2.26. The number of carbonyl (C=O) groups excluding carboxylic acids is 1. The van der Waals surface area contributed by atoms with E-state index in [2.05, 4.69) is 10.1 Å². The van der Waals surface area contributed by atoms with E-state index in [1.54, 1.807) is 10.7 Å². The van der Waals surface area contributed by atoms with Crippen LogP contribution in [-0.4, -0.2) is 20.9 Å². The van der Waals surface area contributed by atoms with E-state index in [1.807, 2.05) is 12.3 Å². The van der Waals surface area contributed by atoms with E-state index < -0.39 is 0 Å². The fourth-order valence-corrected chi connectivity index (χ4v) is 2.02. The van der Waals surface area contributed by atoms with Gasteiger partial charge in [-0.15, -0.1) is 0 Å². The van der Waals surface area contributed by atoms with Crippen LogP contribution in [0, 0.1) is 0 Å². The first kappa shape index (κ1) is 8.59. The van der Waals surface area contributed by atoms with Crippen LogP contribution in [0.25, 0.3) is 5.65 Å². The molecule has 2 heterocycles. The van der Waals surface area contributed by atoms with Crippen LogP contribution in [0.4, 0.5) is 0 Å². The van der Waals surface area contributed by atoms with Crippen molar-refractivity contribution in [1.82, 2.24) is 14.6 Å². The number of carbonyl (C=O) groups is 1. The summed E-state index contributed by atoms with van der Waals surface area (Å²) in [6.07, 6.45) is 7.93. The minimum Gasteiger partial charge on any atom is -0.298 e. The standard InChI is InChI=1S/C11H11N3O/c15-7-9-10(8-3-1-4-8)13-14-6-2-5-12-11(9)14/h2,5-8H,1,3-4H2. The number of nitrogens with zero attached hydrogens (tertiary/aromatic N) is 3. The molecule has 0 N–H and O–H groups in total. The van der Waals surface area contributed by atoms with Crippen LogP contribution in [0.1, 0.15) is 41.2 Å². The predicted molar refractivity (Wildman–Crippen MR) is 55.0 cm³/mol. The van der Waals surface area contributed by atoms with E-state index in [0.29, 0.717) is 17.1 Å². The zero-order chi connectivity index (χ0) is 10.3. The molecule has 4 nitrogen and oxygen atoms in total. The molecule has 0 saturated heterocycles. The summed E-state index contributed by atoms with van der Waals surface area (Å²) in [5.74, 6) is 0.465. The molecule has 1 saturated carbocycles. The van der Waals surface area contributed by atoms with Crippen LogP contribution in [0.5, 0.6) is 0 Å². The SMILES string of the molecule is O=Cc1c(C2CCC2)nn2cccnc12. The Hall–Kier alpha value is -1.71. The average molecular weight is 201 g/mol. The van der Waals surface area contributed by atoms with Gasteiger partial charge >= 0.3 is 0 Å².